The zero-order chi connectivity index (χ0) is 24.7. The Hall–Kier alpha value is -2.81. The molecule has 1 amide bonds. The van der Waals surface area contributed by atoms with Gasteiger partial charge in [0.15, 0.2) is 5.17 Å². The minimum absolute atomic E-state index is 0.0427. The normalized spacial score (nSPS) is 25.0. The van der Waals surface area contributed by atoms with E-state index in [-0.39, 0.29) is 24.2 Å². The Labute approximate surface area is 217 Å². The van der Waals surface area contributed by atoms with Crippen molar-refractivity contribution in [3.63, 3.8) is 0 Å². The molecule has 5 rings (SSSR count). The van der Waals surface area contributed by atoms with Crippen molar-refractivity contribution in [2.75, 3.05) is 32.9 Å². The number of nitrogens with zero attached hydrogens (tertiary/aromatic N) is 2. The number of nitrogens with one attached hydrogen (secondary N) is 2. The third-order valence-corrected chi connectivity index (χ3v) is 7.66. The minimum Gasteiger partial charge on any atom is -0.382 e. The number of aliphatic imine (C=N–C) groups is 1. The Morgan fingerprint density at radius 3 is 2.53 bits per heavy atom. The Morgan fingerprint density at radius 2 is 1.83 bits per heavy atom. The summed E-state index contributed by atoms with van der Waals surface area (Å²) >= 11 is 1.51. The summed E-state index contributed by atoms with van der Waals surface area (Å²) in [6, 6.07) is 20.0. The summed E-state index contributed by atoms with van der Waals surface area (Å²) in [5, 5.41) is 8.95. The van der Waals surface area contributed by atoms with E-state index in [1.54, 1.807) is 0 Å². The van der Waals surface area contributed by atoms with Crippen molar-refractivity contribution >= 4 is 22.8 Å². The molecule has 2 aromatic rings. The standard InChI is InChI=1S/C28H34N4O3S/c1-2-34-17-10-16-32-25(21-13-7-4-8-14-21)31-26-23(27(32)33)24(20-11-5-3-6-12-20)30-28(36-26)29-19-22-15-9-18-35-22/h3-8,11-14,22,24-25,31H,2,9-10,15-19H2,1H3,(H,29,30)/t22?,24-,25+/m1/s1. The molecule has 0 aliphatic carbocycles. The van der Waals surface area contributed by atoms with Crippen molar-refractivity contribution in [3.8, 4) is 0 Å². The van der Waals surface area contributed by atoms with Gasteiger partial charge < -0.3 is 25.0 Å². The first-order valence-corrected chi connectivity index (χ1v) is 13.7. The van der Waals surface area contributed by atoms with Crippen LogP contribution in [0.2, 0.25) is 0 Å². The van der Waals surface area contributed by atoms with Crippen molar-refractivity contribution in [1.29, 1.82) is 0 Å². The van der Waals surface area contributed by atoms with Crippen molar-refractivity contribution < 1.29 is 14.3 Å². The van der Waals surface area contributed by atoms with Crippen LogP contribution in [-0.4, -0.2) is 55.0 Å². The second-order valence-corrected chi connectivity index (χ2v) is 10.1. The number of hydrogen-bond acceptors (Lipinski definition) is 6. The Bertz CT molecular complexity index is 1090. The number of amides is 1. The Balaban J connectivity index is 1.48. The molecule has 190 valence electrons. The maximum absolute atomic E-state index is 14.1. The van der Waals surface area contributed by atoms with Crippen LogP contribution in [0.25, 0.3) is 0 Å². The lowest BCUT2D eigenvalue weighted by molar-refractivity contribution is -0.131. The highest BCUT2D eigenvalue weighted by atomic mass is 32.2. The van der Waals surface area contributed by atoms with Crippen LogP contribution >= 0.6 is 11.8 Å². The summed E-state index contributed by atoms with van der Waals surface area (Å²) in [7, 11) is 0. The van der Waals surface area contributed by atoms with Gasteiger partial charge in [0, 0.05) is 26.4 Å². The lowest BCUT2D eigenvalue weighted by Crippen LogP contribution is -2.52. The molecule has 3 aliphatic rings. The summed E-state index contributed by atoms with van der Waals surface area (Å²) in [6.07, 6.45) is 2.83. The van der Waals surface area contributed by atoms with E-state index in [1.807, 2.05) is 48.2 Å². The molecule has 0 spiro atoms. The second kappa shape index (κ2) is 12.0. The van der Waals surface area contributed by atoms with Crippen LogP contribution < -0.4 is 10.6 Å². The van der Waals surface area contributed by atoms with Crippen LogP contribution in [0.5, 0.6) is 0 Å². The predicted molar refractivity (Wildman–Crippen MR) is 143 cm³/mol. The quantitative estimate of drug-likeness (QED) is 0.492. The third-order valence-electron chi connectivity index (χ3n) is 6.67. The molecule has 3 aliphatic heterocycles. The van der Waals surface area contributed by atoms with Gasteiger partial charge in [0.05, 0.1) is 29.3 Å². The summed E-state index contributed by atoms with van der Waals surface area (Å²) in [5.74, 6) is 0.0427. The fourth-order valence-electron chi connectivity index (χ4n) is 4.87. The number of benzene rings is 2. The average Bonchev–Trinajstić information content (AvgIpc) is 3.45. The van der Waals surface area contributed by atoms with Gasteiger partial charge in [0.1, 0.15) is 6.17 Å². The van der Waals surface area contributed by atoms with Gasteiger partial charge in [-0.05, 0) is 49.1 Å². The van der Waals surface area contributed by atoms with E-state index in [0.717, 1.165) is 52.8 Å². The first kappa shape index (κ1) is 24.9. The van der Waals surface area contributed by atoms with E-state index < -0.39 is 0 Å². The van der Waals surface area contributed by atoms with Gasteiger partial charge in [0.2, 0.25) is 0 Å². The molecule has 3 heterocycles. The summed E-state index contributed by atoms with van der Waals surface area (Å²) in [4.78, 5) is 21.0. The predicted octanol–water partition coefficient (Wildman–Crippen LogP) is 4.37. The van der Waals surface area contributed by atoms with Crippen molar-refractivity contribution in [2.24, 2.45) is 4.99 Å². The summed E-state index contributed by atoms with van der Waals surface area (Å²) < 4.78 is 11.3. The number of amidine groups is 1. The molecule has 2 N–H and O–H groups in total. The molecular formula is C28H34N4O3S. The topological polar surface area (TPSA) is 75.2 Å². The monoisotopic (exact) mass is 506 g/mol. The largest absolute Gasteiger partial charge is 0.382 e. The number of thioether (sulfide) groups is 1. The van der Waals surface area contributed by atoms with E-state index in [1.165, 1.54) is 11.8 Å². The van der Waals surface area contributed by atoms with Gasteiger partial charge in [0.25, 0.3) is 5.91 Å². The molecule has 0 aromatic heterocycles. The van der Waals surface area contributed by atoms with Gasteiger partial charge in [-0.2, -0.15) is 0 Å². The maximum atomic E-state index is 14.1. The number of hydrogen-bond donors (Lipinski definition) is 2. The van der Waals surface area contributed by atoms with Crippen LogP contribution in [0, 0.1) is 0 Å². The third kappa shape index (κ3) is 5.61. The van der Waals surface area contributed by atoms with Crippen molar-refractivity contribution in [2.45, 2.75) is 44.5 Å². The molecule has 2 aromatic carbocycles. The fourth-order valence-corrected chi connectivity index (χ4v) is 5.86. The highest BCUT2D eigenvalue weighted by Gasteiger charge is 2.42. The smallest absolute Gasteiger partial charge is 0.256 e. The van der Waals surface area contributed by atoms with E-state index in [2.05, 4.69) is 34.9 Å². The van der Waals surface area contributed by atoms with Gasteiger partial charge >= 0.3 is 0 Å². The SMILES string of the molecule is CCOCCCN1C(=O)C2=C(N[C@@H]1c1ccccc1)SC(=NCC1CCCO1)N[C@@H]2c1ccccc1. The average molecular weight is 507 g/mol. The van der Waals surface area contributed by atoms with E-state index in [9.17, 15) is 4.79 Å². The van der Waals surface area contributed by atoms with Crippen LogP contribution in [-0.2, 0) is 14.3 Å². The molecule has 1 fully saturated rings. The van der Waals surface area contributed by atoms with Gasteiger partial charge in [-0.15, -0.1) is 0 Å². The fraction of sp³-hybridized carbons (Fsp3) is 0.429. The molecule has 3 atom stereocenters. The second-order valence-electron chi connectivity index (χ2n) is 9.12. The number of carbonyl (C=O) groups excluding carboxylic acids is 1. The Morgan fingerprint density at radius 1 is 1.08 bits per heavy atom. The zero-order valence-corrected chi connectivity index (χ0v) is 21.5. The van der Waals surface area contributed by atoms with Gasteiger partial charge in [-0.25, -0.2) is 0 Å². The first-order chi connectivity index (χ1) is 17.7. The highest BCUT2D eigenvalue weighted by molar-refractivity contribution is 8.17. The molecule has 7 nitrogen and oxygen atoms in total. The van der Waals surface area contributed by atoms with Gasteiger partial charge in [-0.3, -0.25) is 9.79 Å². The number of rotatable bonds is 9. The van der Waals surface area contributed by atoms with Gasteiger partial charge in [-0.1, -0.05) is 60.7 Å². The summed E-state index contributed by atoms with van der Waals surface area (Å²) in [6.45, 7) is 5.33. The molecule has 0 radical (unpaired) electrons. The minimum atomic E-state index is -0.281. The molecule has 8 heteroatoms. The number of carbonyl (C=O) groups is 1. The molecule has 36 heavy (non-hydrogen) atoms. The van der Waals surface area contributed by atoms with Crippen LogP contribution in [0.1, 0.15) is 49.5 Å². The molecule has 1 unspecified atom stereocenters. The van der Waals surface area contributed by atoms with Crippen LogP contribution in [0.15, 0.2) is 76.3 Å². The lowest BCUT2D eigenvalue weighted by Gasteiger charge is -2.43. The first-order valence-electron chi connectivity index (χ1n) is 12.8. The molecule has 0 bridgehead atoms. The highest BCUT2D eigenvalue weighted by Crippen LogP contribution is 2.41. The molecule has 1 saturated heterocycles. The molecular weight excluding hydrogens is 472 g/mol. The maximum Gasteiger partial charge on any atom is 0.256 e. The van der Waals surface area contributed by atoms with E-state index in [4.69, 9.17) is 14.5 Å². The summed E-state index contributed by atoms with van der Waals surface area (Å²) in [5.41, 5.74) is 2.84. The van der Waals surface area contributed by atoms with Crippen LogP contribution in [0.3, 0.4) is 0 Å². The van der Waals surface area contributed by atoms with Crippen molar-refractivity contribution in [3.05, 3.63) is 82.4 Å². The zero-order valence-electron chi connectivity index (χ0n) is 20.7. The molecule has 0 saturated carbocycles. The van der Waals surface area contributed by atoms with E-state index >= 15 is 0 Å². The number of ether oxygens (including phenoxy) is 2. The van der Waals surface area contributed by atoms with E-state index in [0.29, 0.717) is 26.3 Å². The lowest BCUT2D eigenvalue weighted by atomic mass is 9.95. The van der Waals surface area contributed by atoms with Crippen molar-refractivity contribution in [1.82, 2.24) is 15.5 Å². The van der Waals surface area contributed by atoms with Crippen LogP contribution in [0.4, 0.5) is 0 Å². The Kier molecular flexibility index (Phi) is 8.25.